The highest BCUT2D eigenvalue weighted by atomic mass is 16.5. The maximum absolute atomic E-state index is 12.6. The van der Waals surface area contributed by atoms with E-state index < -0.39 is 0 Å². The van der Waals surface area contributed by atoms with Crippen LogP contribution in [-0.4, -0.2) is 47.0 Å². The first-order valence-electron chi connectivity index (χ1n) is 7.63. The molecule has 0 bridgehead atoms. The van der Waals surface area contributed by atoms with Crippen LogP contribution in [0.5, 0.6) is 0 Å². The van der Waals surface area contributed by atoms with Gasteiger partial charge in [0.2, 0.25) is 0 Å². The van der Waals surface area contributed by atoms with Gasteiger partial charge in [-0.15, -0.1) is 0 Å². The number of aromatic nitrogens is 1. The molecule has 0 N–H and O–H groups in total. The van der Waals surface area contributed by atoms with E-state index in [0.29, 0.717) is 0 Å². The summed E-state index contributed by atoms with van der Waals surface area (Å²) in [4.78, 5) is 16.8. The van der Waals surface area contributed by atoms with E-state index in [1.165, 1.54) is 0 Å². The number of nitrogens with zero attached hydrogens (tertiary/aromatic N) is 3. The van der Waals surface area contributed by atoms with Crippen LogP contribution in [0.4, 0.5) is 0 Å². The van der Waals surface area contributed by atoms with Crippen molar-refractivity contribution in [1.29, 1.82) is 0 Å². The lowest BCUT2D eigenvalue weighted by Gasteiger charge is -2.34. The van der Waals surface area contributed by atoms with Crippen LogP contribution in [0.25, 0.3) is 0 Å². The third kappa shape index (κ3) is 3.20. The number of hydrogen-bond acceptors (Lipinski definition) is 4. The number of piperazine rings is 1. The molecule has 116 valence electrons. The van der Waals surface area contributed by atoms with Crippen molar-refractivity contribution in [3.05, 3.63) is 52.9 Å². The van der Waals surface area contributed by atoms with E-state index in [9.17, 15) is 4.79 Å². The van der Waals surface area contributed by atoms with Crippen LogP contribution >= 0.6 is 0 Å². The van der Waals surface area contributed by atoms with Crippen LogP contribution in [0.2, 0.25) is 0 Å². The minimum absolute atomic E-state index is 0.133. The summed E-state index contributed by atoms with van der Waals surface area (Å²) in [6.07, 6.45) is 0. The summed E-state index contributed by atoms with van der Waals surface area (Å²) in [5.41, 5.74) is 2.75. The maximum atomic E-state index is 12.6. The van der Waals surface area contributed by atoms with Gasteiger partial charge in [0.25, 0.3) is 5.91 Å². The van der Waals surface area contributed by atoms with Crippen molar-refractivity contribution >= 4 is 5.91 Å². The Hall–Kier alpha value is -2.14. The average molecular weight is 299 g/mol. The zero-order valence-corrected chi connectivity index (χ0v) is 13.1. The molecule has 5 nitrogen and oxygen atoms in total. The highest BCUT2D eigenvalue weighted by molar-refractivity contribution is 5.95. The average Bonchev–Trinajstić information content (AvgIpc) is 2.93. The molecule has 0 radical (unpaired) electrons. The van der Waals surface area contributed by atoms with E-state index in [0.717, 1.165) is 55.3 Å². The molecule has 1 amide bonds. The largest absolute Gasteiger partial charge is 0.360 e. The van der Waals surface area contributed by atoms with Crippen LogP contribution in [0.15, 0.2) is 34.9 Å². The van der Waals surface area contributed by atoms with E-state index in [4.69, 9.17) is 4.52 Å². The summed E-state index contributed by atoms with van der Waals surface area (Å²) in [5.74, 6) is 1.02. The Balaban J connectivity index is 1.57. The van der Waals surface area contributed by atoms with Crippen molar-refractivity contribution in [2.75, 3.05) is 26.2 Å². The van der Waals surface area contributed by atoms with Crippen LogP contribution in [0.1, 0.15) is 27.4 Å². The Labute approximate surface area is 130 Å². The van der Waals surface area contributed by atoms with Gasteiger partial charge in [0, 0.05) is 37.8 Å². The summed E-state index contributed by atoms with van der Waals surface area (Å²) in [5, 5.41) is 3.91. The zero-order chi connectivity index (χ0) is 15.5. The zero-order valence-electron chi connectivity index (χ0n) is 13.1. The molecular weight excluding hydrogens is 278 g/mol. The van der Waals surface area contributed by atoms with Crippen molar-refractivity contribution < 1.29 is 9.32 Å². The van der Waals surface area contributed by atoms with Crippen molar-refractivity contribution in [1.82, 2.24) is 15.0 Å². The Morgan fingerprint density at radius 2 is 1.91 bits per heavy atom. The second kappa shape index (κ2) is 6.32. The van der Waals surface area contributed by atoms with Gasteiger partial charge in [0.05, 0.1) is 12.2 Å². The molecule has 1 saturated heterocycles. The molecule has 2 aromatic rings. The minimum Gasteiger partial charge on any atom is -0.360 e. The lowest BCUT2D eigenvalue weighted by atomic mass is 10.1. The number of amides is 1. The van der Waals surface area contributed by atoms with E-state index >= 15 is 0 Å². The fourth-order valence-corrected chi connectivity index (χ4v) is 2.80. The van der Waals surface area contributed by atoms with Gasteiger partial charge in [0.1, 0.15) is 0 Å². The van der Waals surface area contributed by atoms with Gasteiger partial charge in [-0.25, -0.2) is 0 Å². The highest BCUT2D eigenvalue weighted by Gasteiger charge is 2.23. The third-order valence-electron chi connectivity index (χ3n) is 4.09. The normalized spacial score (nSPS) is 16.0. The maximum Gasteiger partial charge on any atom is 0.254 e. The summed E-state index contributed by atoms with van der Waals surface area (Å²) < 4.78 is 5.25. The van der Waals surface area contributed by atoms with Gasteiger partial charge in [-0.2, -0.15) is 0 Å². The van der Waals surface area contributed by atoms with Gasteiger partial charge in [-0.3, -0.25) is 9.69 Å². The Kier molecular flexibility index (Phi) is 4.24. The number of rotatable bonds is 3. The lowest BCUT2D eigenvalue weighted by molar-refractivity contribution is 0.0617. The Morgan fingerprint density at radius 1 is 1.18 bits per heavy atom. The van der Waals surface area contributed by atoms with Gasteiger partial charge in [-0.1, -0.05) is 23.4 Å². The van der Waals surface area contributed by atoms with Gasteiger partial charge >= 0.3 is 0 Å². The number of carbonyl (C=O) groups is 1. The standard InChI is InChI=1S/C17H21N3O2/c1-13-5-3-4-6-16(13)17(21)20-9-7-19(8-10-20)12-15-11-14(2)18-22-15/h3-6,11H,7-10,12H2,1-2H3. The van der Waals surface area contributed by atoms with Gasteiger partial charge in [-0.05, 0) is 25.5 Å². The molecule has 1 aliphatic rings. The topological polar surface area (TPSA) is 49.6 Å². The molecule has 1 aromatic heterocycles. The van der Waals surface area contributed by atoms with E-state index in [1.54, 1.807) is 0 Å². The molecule has 5 heteroatoms. The van der Waals surface area contributed by atoms with Crippen molar-refractivity contribution in [2.24, 2.45) is 0 Å². The van der Waals surface area contributed by atoms with Crippen molar-refractivity contribution in [3.63, 3.8) is 0 Å². The summed E-state index contributed by atoms with van der Waals surface area (Å²) in [6.45, 7) is 7.88. The van der Waals surface area contributed by atoms with E-state index in [-0.39, 0.29) is 5.91 Å². The Morgan fingerprint density at radius 3 is 2.55 bits per heavy atom. The molecule has 2 heterocycles. The molecule has 0 atom stereocenters. The summed E-state index contributed by atoms with van der Waals surface area (Å²) >= 11 is 0. The molecule has 1 fully saturated rings. The number of benzene rings is 1. The fraction of sp³-hybridized carbons (Fsp3) is 0.412. The quantitative estimate of drug-likeness (QED) is 0.872. The first-order valence-corrected chi connectivity index (χ1v) is 7.63. The molecule has 3 rings (SSSR count). The molecule has 22 heavy (non-hydrogen) atoms. The summed E-state index contributed by atoms with van der Waals surface area (Å²) in [7, 11) is 0. The molecule has 1 aliphatic heterocycles. The first kappa shape index (κ1) is 14.8. The molecule has 1 aromatic carbocycles. The number of hydrogen-bond donors (Lipinski definition) is 0. The molecule has 0 spiro atoms. The smallest absolute Gasteiger partial charge is 0.254 e. The van der Waals surface area contributed by atoms with Crippen LogP contribution in [0, 0.1) is 13.8 Å². The van der Waals surface area contributed by atoms with Crippen LogP contribution in [-0.2, 0) is 6.54 Å². The van der Waals surface area contributed by atoms with Gasteiger partial charge in [0.15, 0.2) is 5.76 Å². The fourth-order valence-electron chi connectivity index (χ4n) is 2.80. The highest BCUT2D eigenvalue weighted by Crippen LogP contribution is 2.14. The first-order chi connectivity index (χ1) is 10.6. The lowest BCUT2D eigenvalue weighted by Crippen LogP contribution is -2.48. The second-order valence-electron chi connectivity index (χ2n) is 5.82. The molecule has 0 aliphatic carbocycles. The molecular formula is C17H21N3O2. The Bertz CT molecular complexity index is 657. The number of aryl methyl sites for hydroxylation is 2. The SMILES string of the molecule is Cc1cc(CN2CCN(C(=O)c3ccccc3C)CC2)on1. The van der Waals surface area contributed by atoms with Crippen molar-refractivity contribution in [2.45, 2.75) is 20.4 Å². The monoisotopic (exact) mass is 299 g/mol. The second-order valence-corrected chi connectivity index (χ2v) is 5.82. The third-order valence-corrected chi connectivity index (χ3v) is 4.09. The molecule has 0 saturated carbocycles. The predicted molar refractivity (Wildman–Crippen MR) is 83.6 cm³/mol. The minimum atomic E-state index is 0.133. The summed E-state index contributed by atoms with van der Waals surface area (Å²) in [6, 6.07) is 9.73. The van der Waals surface area contributed by atoms with Crippen molar-refractivity contribution in [3.8, 4) is 0 Å². The van der Waals surface area contributed by atoms with Gasteiger partial charge < -0.3 is 9.42 Å². The molecule has 0 unspecified atom stereocenters. The van der Waals surface area contributed by atoms with E-state index in [1.807, 2.05) is 49.1 Å². The number of carbonyl (C=O) groups excluding carboxylic acids is 1. The predicted octanol–water partition coefficient (Wildman–Crippen LogP) is 2.25. The van der Waals surface area contributed by atoms with Crippen LogP contribution in [0.3, 0.4) is 0 Å². The van der Waals surface area contributed by atoms with Crippen LogP contribution < -0.4 is 0 Å². The van der Waals surface area contributed by atoms with E-state index in [2.05, 4.69) is 10.1 Å².